The van der Waals surface area contributed by atoms with Crippen LogP contribution < -0.4 is 23.6 Å². The van der Waals surface area contributed by atoms with Gasteiger partial charge in [-0.1, -0.05) is 183 Å². The first-order valence-electron chi connectivity index (χ1n) is 24.8. The van der Waals surface area contributed by atoms with E-state index in [-0.39, 0.29) is 7.43 Å². The lowest BCUT2D eigenvalue weighted by atomic mass is 9.89. The third kappa shape index (κ3) is 10.7. The SMILES string of the molecule is Brc1ccc(Oc2ccccc2)cc1Oc1ccccc1.C.O[B]Oc1ccc2ccc3cccc4ccc1c2c34.c1ccc(Oc2ccc(-c3ccc4ccc5cccc6ccc3c4c56)c(Oc3ccccc3)c2)cc1. The first-order chi connectivity index (χ1) is 37.5. The first-order valence-corrected chi connectivity index (χ1v) is 25.6. The standard InChI is InChI=1S/C34H22O2.C18H13BrO2.C16H10BO2.CH4/c1-3-10-26(11-4-1)35-28-18-21-30(32(22-28)36-27-12-5-2-6-13-27)29-19-16-25-15-14-23-8-7-9-24-17-20-31(29)34(25)33(23)24;19-17-12-11-16(20-14-7-3-1-4-8-14)13-18(17)21-15-9-5-2-6-10-15;18-17-19-14-9-7-12-5-4-10-2-1-3-11-6-8-13(14)16(12)15(10)11;/h1-22H;1-13H;1-9,18H;1H4. The largest absolute Gasteiger partial charge is 0.569 e. The van der Waals surface area contributed by atoms with Crippen LogP contribution in [-0.2, 0) is 0 Å². The van der Waals surface area contributed by atoms with Crippen molar-refractivity contribution in [3.63, 3.8) is 0 Å². The normalized spacial score (nSPS) is 10.9. The smallest absolute Gasteiger partial charge is 0.537 e. The van der Waals surface area contributed by atoms with Crippen LogP contribution in [0.2, 0.25) is 0 Å². The van der Waals surface area contributed by atoms with Crippen molar-refractivity contribution >= 4 is 88.2 Å². The van der Waals surface area contributed by atoms with Crippen molar-refractivity contribution < 1.29 is 28.6 Å². The molecule has 0 unspecified atom stereocenters. The number of hydrogen-bond donors (Lipinski definition) is 1. The van der Waals surface area contributed by atoms with Crippen LogP contribution in [-0.4, -0.2) is 12.7 Å². The van der Waals surface area contributed by atoms with Crippen LogP contribution in [0, 0.1) is 0 Å². The topological polar surface area (TPSA) is 66.4 Å². The van der Waals surface area contributed by atoms with Gasteiger partial charge in [-0.25, -0.2) is 0 Å². The number of benzene rings is 14. The van der Waals surface area contributed by atoms with Crippen molar-refractivity contribution in [1.82, 2.24) is 0 Å². The summed E-state index contributed by atoms with van der Waals surface area (Å²) in [5.41, 5.74) is 2.16. The lowest BCUT2D eigenvalue weighted by molar-refractivity contribution is 0.456. The van der Waals surface area contributed by atoms with E-state index >= 15 is 0 Å². The van der Waals surface area contributed by atoms with Gasteiger partial charge in [-0.15, -0.1) is 0 Å². The zero-order chi connectivity index (χ0) is 51.2. The summed E-state index contributed by atoms with van der Waals surface area (Å²) in [6, 6.07) is 89.2. The Hall–Kier alpha value is -9.34. The highest BCUT2D eigenvalue weighted by Crippen LogP contribution is 2.45. The molecule has 0 spiro atoms. The highest BCUT2D eigenvalue weighted by atomic mass is 79.9. The molecule has 1 N–H and O–H groups in total. The molecule has 1 radical (unpaired) electrons. The van der Waals surface area contributed by atoms with E-state index in [1.807, 2.05) is 170 Å². The molecular formula is C69H49BBrO6. The van der Waals surface area contributed by atoms with E-state index in [0.29, 0.717) is 5.75 Å². The monoisotopic (exact) mass is 1060 g/mol. The van der Waals surface area contributed by atoms with Gasteiger partial charge < -0.3 is 28.6 Å². The van der Waals surface area contributed by atoms with E-state index in [2.05, 4.69) is 113 Å². The Morgan fingerprint density at radius 1 is 0.286 bits per heavy atom. The predicted octanol–water partition coefficient (Wildman–Crippen LogP) is 20.0. The molecular weight excluding hydrogens is 1020 g/mol. The molecule has 0 fully saturated rings. The maximum Gasteiger partial charge on any atom is 0.569 e. The minimum absolute atomic E-state index is 0. The second-order valence-electron chi connectivity index (χ2n) is 18.0. The average molecular weight is 1060 g/mol. The van der Waals surface area contributed by atoms with Crippen molar-refractivity contribution in [2.75, 3.05) is 0 Å². The summed E-state index contributed by atoms with van der Waals surface area (Å²) in [7, 11) is 0.728. The molecule has 14 aromatic rings. The van der Waals surface area contributed by atoms with Crippen molar-refractivity contribution in [1.29, 1.82) is 0 Å². The van der Waals surface area contributed by atoms with Gasteiger partial charge in [0, 0.05) is 28.5 Å². The summed E-state index contributed by atoms with van der Waals surface area (Å²) >= 11 is 3.49. The lowest BCUT2D eigenvalue weighted by Crippen LogP contribution is -2.00. The fourth-order valence-corrected chi connectivity index (χ4v) is 10.1. The van der Waals surface area contributed by atoms with Crippen molar-refractivity contribution in [3.05, 3.63) is 271 Å². The first kappa shape index (κ1) is 49.9. The Morgan fingerprint density at radius 2 is 0.662 bits per heavy atom. The summed E-state index contributed by atoms with van der Waals surface area (Å²) in [6.45, 7) is 0. The minimum Gasteiger partial charge on any atom is -0.537 e. The maximum atomic E-state index is 8.87. The molecule has 0 bridgehead atoms. The molecule has 0 saturated carbocycles. The van der Waals surface area contributed by atoms with Crippen LogP contribution in [0.3, 0.4) is 0 Å². The third-order valence-corrected chi connectivity index (χ3v) is 13.9. The van der Waals surface area contributed by atoms with Crippen molar-refractivity contribution in [2.45, 2.75) is 7.43 Å². The zero-order valence-corrected chi connectivity index (χ0v) is 42.4. The van der Waals surface area contributed by atoms with E-state index in [0.717, 1.165) is 74.7 Å². The van der Waals surface area contributed by atoms with Gasteiger partial charge in [0.15, 0.2) is 0 Å². The van der Waals surface area contributed by atoms with Crippen molar-refractivity contribution in [2.24, 2.45) is 0 Å². The van der Waals surface area contributed by atoms with E-state index in [9.17, 15) is 0 Å². The number of hydrogen-bond acceptors (Lipinski definition) is 6. The van der Waals surface area contributed by atoms with Crippen LogP contribution in [0.15, 0.2) is 271 Å². The average Bonchev–Trinajstić information content (AvgIpc) is 3.56. The molecule has 0 aliphatic rings. The molecule has 371 valence electrons. The van der Waals surface area contributed by atoms with Gasteiger partial charge in [0.1, 0.15) is 51.7 Å². The highest BCUT2D eigenvalue weighted by molar-refractivity contribution is 9.10. The summed E-state index contributed by atoms with van der Waals surface area (Å²) in [5, 5.41) is 23.5. The van der Waals surface area contributed by atoms with Crippen LogP contribution in [0.4, 0.5) is 0 Å². The van der Waals surface area contributed by atoms with Gasteiger partial charge in [0.2, 0.25) is 0 Å². The molecule has 0 aliphatic heterocycles. The molecule has 0 saturated heterocycles. The number of ether oxygens (including phenoxy) is 4. The molecule has 14 aromatic carbocycles. The van der Waals surface area contributed by atoms with Crippen LogP contribution >= 0.6 is 15.9 Å². The van der Waals surface area contributed by atoms with Crippen LogP contribution in [0.5, 0.6) is 51.7 Å². The fourth-order valence-electron chi connectivity index (χ4n) is 9.82. The Kier molecular flexibility index (Phi) is 14.7. The molecule has 0 aliphatic carbocycles. The van der Waals surface area contributed by atoms with Crippen molar-refractivity contribution in [3.8, 4) is 62.9 Å². The molecule has 0 heterocycles. The van der Waals surface area contributed by atoms with Gasteiger partial charge in [-0.05, 0) is 154 Å². The van der Waals surface area contributed by atoms with Gasteiger partial charge in [0.05, 0.1) is 4.47 Å². The van der Waals surface area contributed by atoms with Gasteiger partial charge in [-0.2, -0.15) is 0 Å². The number of halogens is 1. The Bertz CT molecular complexity index is 4220. The van der Waals surface area contributed by atoms with E-state index in [1.165, 1.54) is 59.2 Å². The molecule has 0 aromatic heterocycles. The second-order valence-corrected chi connectivity index (χ2v) is 18.9. The van der Waals surface area contributed by atoms with E-state index < -0.39 is 0 Å². The molecule has 8 heteroatoms. The summed E-state index contributed by atoms with van der Waals surface area (Å²) in [4.78, 5) is 0. The lowest BCUT2D eigenvalue weighted by Gasteiger charge is -2.17. The van der Waals surface area contributed by atoms with Gasteiger partial charge >= 0.3 is 7.69 Å². The van der Waals surface area contributed by atoms with E-state index in [4.69, 9.17) is 28.6 Å². The quantitative estimate of drug-likeness (QED) is 0.103. The maximum absolute atomic E-state index is 8.87. The molecule has 0 amide bonds. The predicted molar refractivity (Wildman–Crippen MR) is 321 cm³/mol. The Labute approximate surface area is 456 Å². The molecule has 14 rings (SSSR count). The number of para-hydroxylation sites is 4. The highest BCUT2D eigenvalue weighted by Gasteiger charge is 2.17. The third-order valence-electron chi connectivity index (χ3n) is 13.2. The number of rotatable bonds is 11. The van der Waals surface area contributed by atoms with Gasteiger partial charge in [-0.3, -0.25) is 0 Å². The summed E-state index contributed by atoms with van der Waals surface area (Å²) < 4.78 is 30.3. The van der Waals surface area contributed by atoms with Gasteiger partial charge in [0.25, 0.3) is 0 Å². The van der Waals surface area contributed by atoms with Crippen LogP contribution in [0.1, 0.15) is 7.43 Å². The second kappa shape index (κ2) is 22.6. The summed E-state index contributed by atoms with van der Waals surface area (Å²) in [6.07, 6.45) is 0. The van der Waals surface area contributed by atoms with Crippen LogP contribution in [0.25, 0.3) is 75.8 Å². The minimum atomic E-state index is 0. The molecule has 6 nitrogen and oxygen atoms in total. The van der Waals surface area contributed by atoms with E-state index in [1.54, 1.807) is 0 Å². The molecule has 0 atom stereocenters. The Morgan fingerprint density at radius 3 is 1.17 bits per heavy atom. The zero-order valence-electron chi connectivity index (χ0n) is 40.8. The fraction of sp³-hybridized carbons (Fsp3) is 0.0145. The summed E-state index contributed by atoms with van der Waals surface area (Å²) in [5.74, 6) is 6.77. The Balaban J connectivity index is 0.000000132. The molecule has 77 heavy (non-hydrogen) atoms.